The van der Waals surface area contributed by atoms with Crippen LogP contribution in [-0.2, 0) is 4.79 Å². The molecular formula is C8H9BBrNO3. The van der Waals surface area contributed by atoms with Crippen LogP contribution < -0.4 is 9.39 Å². The highest BCUT2D eigenvalue weighted by Gasteiger charge is 2.19. The molecule has 1 rings (SSSR count). The number of rotatable bonds is 2. The molecule has 0 heterocycles. The summed E-state index contributed by atoms with van der Waals surface area (Å²) in [6.07, 6.45) is 0. The van der Waals surface area contributed by atoms with Crippen LogP contribution in [0, 0.1) is 0 Å². The number of amides is 1. The van der Waals surface area contributed by atoms with Crippen LogP contribution in [0.2, 0.25) is 0 Å². The quantitative estimate of drug-likeness (QED) is 0.581. The number of benzene rings is 1. The maximum absolute atomic E-state index is 11.0. The van der Waals surface area contributed by atoms with E-state index in [1.54, 1.807) is 18.2 Å². The van der Waals surface area contributed by atoms with Gasteiger partial charge in [0.25, 0.3) is 0 Å². The summed E-state index contributed by atoms with van der Waals surface area (Å²) in [6.45, 7) is 1.37. The summed E-state index contributed by atoms with van der Waals surface area (Å²) in [5, 5.41) is 18.1. The molecule has 0 saturated heterocycles. The Morgan fingerprint density at radius 2 is 2.00 bits per heavy atom. The number of hydrogen-bond acceptors (Lipinski definition) is 3. The summed E-state index contributed by atoms with van der Waals surface area (Å²) in [4.78, 5) is 11.0. The molecule has 0 bridgehead atoms. The average Bonchev–Trinajstić information content (AvgIpc) is 2.16. The van der Waals surface area contributed by atoms with Crippen molar-refractivity contribution in [3.8, 4) is 0 Å². The highest BCUT2D eigenvalue weighted by Crippen LogP contribution is 2.15. The van der Waals surface area contributed by atoms with E-state index in [-0.39, 0.29) is 11.4 Å². The second kappa shape index (κ2) is 4.59. The fourth-order valence-electron chi connectivity index (χ4n) is 1.05. The minimum Gasteiger partial charge on any atom is -0.423 e. The van der Waals surface area contributed by atoms with Crippen molar-refractivity contribution in [2.75, 3.05) is 3.93 Å². The number of carbonyl (C=O) groups is 1. The van der Waals surface area contributed by atoms with Crippen LogP contribution in [0.5, 0.6) is 0 Å². The van der Waals surface area contributed by atoms with Gasteiger partial charge >= 0.3 is 7.12 Å². The Bertz CT molecular complexity index is 345. The van der Waals surface area contributed by atoms with Gasteiger partial charge in [-0.25, -0.2) is 3.93 Å². The molecule has 1 aromatic carbocycles. The van der Waals surface area contributed by atoms with Crippen LogP contribution in [0.1, 0.15) is 6.92 Å². The maximum atomic E-state index is 11.0. The van der Waals surface area contributed by atoms with E-state index < -0.39 is 7.12 Å². The SMILES string of the molecule is CC(=O)N(Br)c1ccccc1B(O)O. The first kappa shape index (κ1) is 11.2. The first-order valence-corrected chi connectivity index (χ1v) is 4.66. The van der Waals surface area contributed by atoms with Gasteiger partial charge in [0.05, 0.1) is 21.8 Å². The van der Waals surface area contributed by atoms with Crippen LogP contribution >= 0.6 is 16.1 Å². The molecule has 0 spiro atoms. The second-order valence-electron chi connectivity index (χ2n) is 2.73. The zero-order valence-corrected chi connectivity index (χ0v) is 9.10. The third-order valence-corrected chi connectivity index (χ3v) is 2.58. The molecule has 0 radical (unpaired) electrons. The number of anilines is 1. The standard InChI is InChI=1S/C8H9BBrNO3/c1-6(12)11(10)8-5-3-2-4-7(8)9(13)14/h2-5,13-14H,1H3. The molecule has 14 heavy (non-hydrogen) atoms. The fraction of sp³-hybridized carbons (Fsp3) is 0.125. The van der Waals surface area contributed by atoms with Crippen molar-refractivity contribution in [1.29, 1.82) is 0 Å². The summed E-state index contributed by atoms with van der Waals surface area (Å²) in [5.41, 5.74) is 0.703. The minimum absolute atomic E-state index is 0.238. The fourth-order valence-corrected chi connectivity index (χ4v) is 1.38. The molecular weight excluding hydrogens is 249 g/mol. The molecule has 2 N–H and O–H groups in total. The predicted octanol–water partition coefficient (Wildman–Crippen LogP) is 0.0292. The van der Waals surface area contributed by atoms with Gasteiger partial charge in [-0.2, -0.15) is 0 Å². The molecule has 6 heteroatoms. The maximum Gasteiger partial charge on any atom is 0.490 e. The number of halogens is 1. The molecule has 1 aromatic rings. The van der Waals surface area contributed by atoms with E-state index in [9.17, 15) is 4.79 Å². The van der Waals surface area contributed by atoms with Gasteiger partial charge < -0.3 is 10.0 Å². The van der Waals surface area contributed by atoms with Gasteiger partial charge in [0, 0.05) is 12.4 Å². The number of nitrogens with zero attached hydrogens (tertiary/aromatic N) is 1. The number of para-hydroxylation sites is 1. The van der Waals surface area contributed by atoms with E-state index in [1.165, 1.54) is 16.9 Å². The van der Waals surface area contributed by atoms with Crippen molar-refractivity contribution in [3.63, 3.8) is 0 Å². The van der Waals surface area contributed by atoms with Gasteiger partial charge in [-0.05, 0) is 6.07 Å². The van der Waals surface area contributed by atoms with E-state index in [0.717, 1.165) is 0 Å². The Hall–Kier alpha value is -0.845. The predicted molar refractivity (Wildman–Crippen MR) is 58.4 cm³/mol. The lowest BCUT2D eigenvalue weighted by atomic mass is 9.79. The van der Waals surface area contributed by atoms with Crippen LogP contribution in [0.25, 0.3) is 0 Å². The lowest BCUT2D eigenvalue weighted by Gasteiger charge is -2.15. The van der Waals surface area contributed by atoms with Crippen molar-refractivity contribution in [2.24, 2.45) is 0 Å². The Morgan fingerprint density at radius 3 is 2.50 bits per heavy atom. The van der Waals surface area contributed by atoms with E-state index >= 15 is 0 Å². The smallest absolute Gasteiger partial charge is 0.423 e. The van der Waals surface area contributed by atoms with E-state index in [2.05, 4.69) is 16.1 Å². The summed E-state index contributed by atoms with van der Waals surface area (Å²) >= 11 is 3.03. The molecule has 4 nitrogen and oxygen atoms in total. The van der Waals surface area contributed by atoms with E-state index in [4.69, 9.17) is 10.0 Å². The first-order chi connectivity index (χ1) is 6.54. The zero-order valence-electron chi connectivity index (χ0n) is 7.51. The third-order valence-electron chi connectivity index (χ3n) is 1.70. The largest absolute Gasteiger partial charge is 0.490 e. The average molecular weight is 258 g/mol. The van der Waals surface area contributed by atoms with E-state index in [1.807, 2.05) is 0 Å². The van der Waals surface area contributed by atoms with E-state index in [0.29, 0.717) is 5.69 Å². The van der Waals surface area contributed by atoms with Crippen molar-refractivity contribution in [3.05, 3.63) is 24.3 Å². The Balaban J connectivity index is 3.13. The topological polar surface area (TPSA) is 60.8 Å². The molecule has 0 aliphatic carbocycles. The highest BCUT2D eigenvalue weighted by atomic mass is 79.9. The Labute approximate surface area is 90.6 Å². The Kier molecular flexibility index (Phi) is 3.68. The molecule has 0 aliphatic rings. The summed E-state index contributed by atoms with van der Waals surface area (Å²) in [5.74, 6) is -0.238. The number of hydrogen-bond donors (Lipinski definition) is 2. The highest BCUT2D eigenvalue weighted by molar-refractivity contribution is 9.10. The van der Waals surface area contributed by atoms with Crippen molar-refractivity contribution >= 4 is 40.3 Å². The van der Waals surface area contributed by atoms with Crippen molar-refractivity contribution < 1.29 is 14.8 Å². The normalized spacial score (nSPS) is 9.71. The third kappa shape index (κ3) is 2.34. The number of carbonyl (C=O) groups excluding carboxylic acids is 1. The van der Waals surface area contributed by atoms with Gasteiger partial charge in [0.15, 0.2) is 0 Å². The van der Waals surface area contributed by atoms with Crippen LogP contribution in [0.15, 0.2) is 24.3 Å². The van der Waals surface area contributed by atoms with Crippen LogP contribution in [0.3, 0.4) is 0 Å². The zero-order chi connectivity index (χ0) is 10.7. The van der Waals surface area contributed by atoms with Crippen LogP contribution in [-0.4, -0.2) is 23.1 Å². The summed E-state index contributed by atoms with van der Waals surface area (Å²) in [7, 11) is -1.59. The molecule has 0 unspecified atom stereocenters. The summed E-state index contributed by atoms with van der Waals surface area (Å²) in [6, 6.07) is 6.53. The van der Waals surface area contributed by atoms with Gasteiger partial charge in [0.2, 0.25) is 5.91 Å². The van der Waals surface area contributed by atoms with Crippen LogP contribution in [0.4, 0.5) is 5.69 Å². The van der Waals surface area contributed by atoms with Crippen molar-refractivity contribution in [1.82, 2.24) is 0 Å². The molecule has 0 atom stereocenters. The lowest BCUT2D eigenvalue weighted by molar-refractivity contribution is -0.115. The molecule has 1 amide bonds. The van der Waals surface area contributed by atoms with Gasteiger partial charge in [-0.15, -0.1) is 0 Å². The minimum atomic E-state index is -1.59. The summed E-state index contributed by atoms with van der Waals surface area (Å²) < 4.78 is 1.18. The molecule has 0 saturated carbocycles. The first-order valence-electron chi connectivity index (χ1n) is 3.95. The molecule has 0 fully saturated rings. The van der Waals surface area contributed by atoms with Crippen molar-refractivity contribution in [2.45, 2.75) is 6.92 Å². The molecule has 0 aromatic heterocycles. The second-order valence-corrected chi connectivity index (χ2v) is 3.44. The Morgan fingerprint density at radius 1 is 1.43 bits per heavy atom. The molecule has 0 aliphatic heterocycles. The van der Waals surface area contributed by atoms with Gasteiger partial charge in [-0.3, -0.25) is 4.79 Å². The lowest BCUT2D eigenvalue weighted by Crippen LogP contribution is -2.35. The monoisotopic (exact) mass is 257 g/mol. The molecule has 74 valence electrons. The van der Waals surface area contributed by atoms with Gasteiger partial charge in [-0.1, -0.05) is 18.2 Å². The van der Waals surface area contributed by atoms with Gasteiger partial charge in [0.1, 0.15) is 0 Å².